The molecule has 0 aliphatic heterocycles. The number of fused-ring (bicyclic) bond motifs is 3. The summed E-state index contributed by atoms with van der Waals surface area (Å²) in [5.74, 6) is 0. The van der Waals surface area contributed by atoms with Crippen LogP contribution in [0.2, 0.25) is 0 Å². The first kappa shape index (κ1) is 23.1. The number of hydrogen-bond acceptors (Lipinski definition) is 2. The quantitative estimate of drug-likeness (QED) is 0.212. The van der Waals surface area contributed by atoms with Gasteiger partial charge in [-0.1, -0.05) is 98.8 Å². The van der Waals surface area contributed by atoms with E-state index in [1.165, 1.54) is 49.1 Å². The maximum Gasteiger partial charge on any atom is 0.159 e. The highest BCUT2D eigenvalue weighted by molar-refractivity contribution is 6.27. The first-order valence-electron chi connectivity index (χ1n) is 14.2. The molecule has 0 atom stereocenters. The maximum atomic E-state index is 6.58. The summed E-state index contributed by atoms with van der Waals surface area (Å²) in [6, 6.07) is 41.8. The van der Waals surface area contributed by atoms with Crippen molar-refractivity contribution < 1.29 is 4.42 Å². The van der Waals surface area contributed by atoms with Gasteiger partial charge in [-0.3, -0.25) is 0 Å². The lowest BCUT2D eigenvalue weighted by molar-refractivity contribution is 0.669. The molecule has 0 fully saturated rings. The first-order valence-corrected chi connectivity index (χ1v) is 14.2. The van der Waals surface area contributed by atoms with Crippen molar-refractivity contribution in [3.05, 3.63) is 126 Å². The summed E-state index contributed by atoms with van der Waals surface area (Å²) in [5.41, 5.74) is 7.92. The third-order valence-electron chi connectivity index (χ3n) is 8.58. The van der Waals surface area contributed by atoms with Gasteiger partial charge in [0.25, 0.3) is 0 Å². The number of benzene rings is 7. The fourth-order valence-corrected chi connectivity index (χ4v) is 6.69. The molecular weight excluding hydrogens is 486 g/mol. The summed E-state index contributed by atoms with van der Waals surface area (Å²) in [4.78, 5) is 2.40. The molecule has 1 aromatic heterocycles. The molecule has 40 heavy (non-hydrogen) atoms. The van der Waals surface area contributed by atoms with Gasteiger partial charge in [0.05, 0.1) is 11.4 Å². The summed E-state index contributed by atoms with van der Waals surface area (Å²) in [6.07, 6.45) is 1.98. The summed E-state index contributed by atoms with van der Waals surface area (Å²) in [7, 11) is 0. The highest BCUT2D eigenvalue weighted by Gasteiger charge is 2.23. The minimum atomic E-state index is 0.907. The molecule has 2 heteroatoms. The van der Waals surface area contributed by atoms with Crippen molar-refractivity contribution in [3.63, 3.8) is 0 Å². The fourth-order valence-electron chi connectivity index (χ4n) is 6.69. The maximum absolute atomic E-state index is 6.58. The lowest BCUT2D eigenvalue weighted by Gasteiger charge is -2.28. The second kappa shape index (κ2) is 8.86. The van der Waals surface area contributed by atoms with Crippen LogP contribution in [0.5, 0.6) is 0 Å². The third-order valence-corrected chi connectivity index (χ3v) is 8.58. The molecule has 0 saturated heterocycles. The standard InChI is InChI=1S/C38H29NO/c1-3-24-17-18-26-19-20-29-25(4-2)23-34(32-22-21-28(24)36(26)37(29)32)39(27-11-6-5-7-12-27)33-15-10-14-31-30-13-8-9-16-35(30)40-38(31)33/h5-23H,3-4H2,1-2H3. The van der Waals surface area contributed by atoms with Crippen LogP contribution in [0.3, 0.4) is 0 Å². The molecule has 8 rings (SSSR count). The van der Waals surface area contributed by atoms with Crippen molar-refractivity contribution in [3.8, 4) is 0 Å². The van der Waals surface area contributed by atoms with Crippen LogP contribution in [-0.2, 0) is 12.8 Å². The number of hydrogen-bond donors (Lipinski definition) is 0. The summed E-state index contributed by atoms with van der Waals surface area (Å²) >= 11 is 0. The molecule has 7 aromatic carbocycles. The molecule has 0 bridgehead atoms. The first-order chi connectivity index (χ1) is 19.8. The number of aryl methyl sites for hydroxylation is 2. The number of rotatable bonds is 5. The van der Waals surface area contributed by atoms with Gasteiger partial charge in [0.15, 0.2) is 5.58 Å². The molecule has 2 nitrogen and oxygen atoms in total. The molecule has 0 saturated carbocycles. The van der Waals surface area contributed by atoms with Crippen LogP contribution in [0, 0.1) is 0 Å². The predicted molar refractivity (Wildman–Crippen MR) is 171 cm³/mol. The third kappa shape index (κ3) is 3.23. The smallest absolute Gasteiger partial charge is 0.159 e. The molecule has 0 radical (unpaired) electrons. The van der Waals surface area contributed by atoms with Crippen LogP contribution in [0.1, 0.15) is 25.0 Å². The zero-order chi connectivity index (χ0) is 26.8. The molecule has 0 aliphatic carbocycles. The normalized spacial score (nSPS) is 11.9. The van der Waals surface area contributed by atoms with E-state index >= 15 is 0 Å². The second-order valence-corrected chi connectivity index (χ2v) is 10.7. The largest absolute Gasteiger partial charge is 0.454 e. The van der Waals surface area contributed by atoms with E-state index in [2.05, 4.69) is 128 Å². The fraction of sp³-hybridized carbons (Fsp3) is 0.105. The Morgan fingerprint density at radius 3 is 2.08 bits per heavy atom. The van der Waals surface area contributed by atoms with Crippen molar-refractivity contribution in [2.24, 2.45) is 0 Å². The summed E-state index contributed by atoms with van der Waals surface area (Å²) in [5, 5.41) is 10.3. The Morgan fingerprint density at radius 2 is 1.23 bits per heavy atom. The molecule has 8 aromatic rings. The highest BCUT2D eigenvalue weighted by Crippen LogP contribution is 2.48. The minimum Gasteiger partial charge on any atom is -0.454 e. The highest BCUT2D eigenvalue weighted by atomic mass is 16.3. The molecule has 0 aliphatic rings. The van der Waals surface area contributed by atoms with Crippen molar-refractivity contribution in [1.82, 2.24) is 0 Å². The van der Waals surface area contributed by atoms with Crippen molar-refractivity contribution in [1.29, 1.82) is 0 Å². The Labute approximate surface area is 233 Å². The van der Waals surface area contributed by atoms with E-state index in [0.717, 1.165) is 46.2 Å². The van der Waals surface area contributed by atoms with Crippen molar-refractivity contribution >= 4 is 71.3 Å². The van der Waals surface area contributed by atoms with E-state index in [4.69, 9.17) is 4.42 Å². The Kier molecular flexibility index (Phi) is 5.12. The number of nitrogens with zero attached hydrogens (tertiary/aromatic N) is 1. The minimum absolute atomic E-state index is 0.907. The lowest BCUT2D eigenvalue weighted by Crippen LogP contribution is -2.11. The molecule has 0 spiro atoms. The molecular formula is C38H29NO. The Morgan fingerprint density at radius 1 is 0.525 bits per heavy atom. The molecule has 192 valence electrons. The van der Waals surface area contributed by atoms with Gasteiger partial charge >= 0.3 is 0 Å². The van der Waals surface area contributed by atoms with Crippen LogP contribution in [0.15, 0.2) is 120 Å². The van der Waals surface area contributed by atoms with Gasteiger partial charge in [0, 0.05) is 21.8 Å². The van der Waals surface area contributed by atoms with Gasteiger partial charge in [-0.15, -0.1) is 0 Å². The number of anilines is 3. The number of furan rings is 1. The SMILES string of the molecule is CCc1ccc2ccc3c(CC)cc(N(c4ccccc4)c4cccc5c4oc4ccccc45)c4ccc1c2c34. The van der Waals surface area contributed by atoms with Crippen LogP contribution in [0.4, 0.5) is 17.1 Å². The molecule has 0 unspecified atom stereocenters. The molecule has 1 heterocycles. The van der Waals surface area contributed by atoms with Crippen LogP contribution >= 0.6 is 0 Å². The van der Waals surface area contributed by atoms with Gasteiger partial charge in [-0.25, -0.2) is 0 Å². The van der Waals surface area contributed by atoms with E-state index in [1.807, 2.05) is 6.07 Å². The average molecular weight is 516 g/mol. The van der Waals surface area contributed by atoms with E-state index in [9.17, 15) is 0 Å². The van der Waals surface area contributed by atoms with Crippen LogP contribution in [-0.4, -0.2) is 0 Å². The number of para-hydroxylation sites is 3. The van der Waals surface area contributed by atoms with E-state index in [0.29, 0.717) is 0 Å². The Balaban J connectivity index is 1.53. The predicted octanol–water partition coefficient (Wildman–Crippen LogP) is 11.1. The van der Waals surface area contributed by atoms with Gasteiger partial charge in [-0.2, -0.15) is 0 Å². The van der Waals surface area contributed by atoms with Gasteiger partial charge in [0.1, 0.15) is 5.58 Å². The molecule has 0 N–H and O–H groups in total. The monoisotopic (exact) mass is 515 g/mol. The van der Waals surface area contributed by atoms with E-state index in [1.54, 1.807) is 0 Å². The Hall–Kier alpha value is -4.82. The lowest BCUT2D eigenvalue weighted by atomic mass is 9.88. The Bertz CT molecular complexity index is 2190. The molecule has 0 amide bonds. The summed E-state index contributed by atoms with van der Waals surface area (Å²) in [6.45, 7) is 4.51. The zero-order valence-electron chi connectivity index (χ0n) is 22.7. The van der Waals surface area contributed by atoms with Crippen molar-refractivity contribution in [2.75, 3.05) is 4.90 Å². The van der Waals surface area contributed by atoms with Gasteiger partial charge in [0.2, 0.25) is 0 Å². The second-order valence-electron chi connectivity index (χ2n) is 10.7. The van der Waals surface area contributed by atoms with Crippen LogP contribution in [0.25, 0.3) is 54.3 Å². The van der Waals surface area contributed by atoms with Gasteiger partial charge in [-0.05, 0) is 81.2 Å². The van der Waals surface area contributed by atoms with E-state index < -0.39 is 0 Å². The van der Waals surface area contributed by atoms with Crippen LogP contribution < -0.4 is 4.90 Å². The summed E-state index contributed by atoms with van der Waals surface area (Å²) < 4.78 is 6.58. The zero-order valence-corrected chi connectivity index (χ0v) is 22.7. The van der Waals surface area contributed by atoms with Crippen molar-refractivity contribution in [2.45, 2.75) is 26.7 Å². The average Bonchev–Trinajstić information content (AvgIpc) is 3.40. The topological polar surface area (TPSA) is 16.4 Å². The van der Waals surface area contributed by atoms with E-state index in [-0.39, 0.29) is 0 Å². The van der Waals surface area contributed by atoms with Gasteiger partial charge < -0.3 is 9.32 Å².